The molecule has 3 aliphatic heterocycles. The summed E-state index contributed by atoms with van der Waals surface area (Å²) < 4.78 is 31.0. The molecular formula is C23H24N2O5S. The van der Waals surface area contributed by atoms with E-state index < -0.39 is 27.4 Å². The molecule has 0 saturated carbocycles. The van der Waals surface area contributed by atoms with Crippen LogP contribution < -0.4 is 4.90 Å². The Hall–Kier alpha value is -2.71. The standard InChI is InChI=1S/C23H24N2O5S/c1-30-22(27)19-15-7-3-4-8-16(15)21(26)25-18-10-6-5-9-17(18)23(20(19)25)11-13-24(14-12-23)31(2,28)29/h3-10,19-20H,11-14H2,1-2H3/t19-,20+/m1/s1. The third kappa shape index (κ3) is 2.78. The third-order valence-electron chi connectivity index (χ3n) is 7.14. The van der Waals surface area contributed by atoms with Crippen molar-refractivity contribution in [2.75, 3.05) is 31.4 Å². The lowest BCUT2D eigenvalue weighted by atomic mass is 9.64. The van der Waals surface area contributed by atoms with E-state index >= 15 is 0 Å². The summed E-state index contributed by atoms with van der Waals surface area (Å²) in [7, 11) is -1.94. The number of amides is 1. The summed E-state index contributed by atoms with van der Waals surface area (Å²) in [4.78, 5) is 28.5. The Morgan fingerprint density at radius 1 is 1.06 bits per heavy atom. The maximum atomic E-state index is 13.6. The van der Waals surface area contributed by atoms with Gasteiger partial charge in [0.05, 0.1) is 19.4 Å². The molecule has 0 radical (unpaired) electrons. The van der Waals surface area contributed by atoms with Crippen molar-refractivity contribution in [3.05, 3.63) is 65.2 Å². The molecule has 0 aliphatic carbocycles. The van der Waals surface area contributed by atoms with Crippen LogP contribution in [-0.2, 0) is 25.0 Å². The van der Waals surface area contributed by atoms with Crippen molar-refractivity contribution in [1.82, 2.24) is 4.31 Å². The van der Waals surface area contributed by atoms with Gasteiger partial charge in [-0.2, -0.15) is 0 Å². The van der Waals surface area contributed by atoms with Crippen molar-refractivity contribution in [1.29, 1.82) is 0 Å². The van der Waals surface area contributed by atoms with Crippen molar-refractivity contribution < 1.29 is 22.7 Å². The Morgan fingerprint density at radius 2 is 1.71 bits per heavy atom. The van der Waals surface area contributed by atoms with E-state index in [1.807, 2.05) is 36.4 Å². The Morgan fingerprint density at radius 3 is 2.39 bits per heavy atom. The van der Waals surface area contributed by atoms with Crippen LogP contribution in [-0.4, -0.2) is 57.1 Å². The van der Waals surface area contributed by atoms with Gasteiger partial charge in [0.15, 0.2) is 0 Å². The number of nitrogens with zero attached hydrogens (tertiary/aromatic N) is 2. The van der Waals surface area contributed by atoms with Gasteiger partial charge in [-0.15, -0.1) is 0 Å². The van der Waals surface area contributed by atoms with Gasteiger partial charge in [-0.3, -0.25) is 9.59 Å². The van der Waals surface area contributed by atoms with Crippen LogP contribution in [0.25, 0.3) is 0 Å². The Bertz CT molecular complexity index is 1180. The highest BCUT2D eigenvalue weighted by atomic mass is 32.2. The zero-order valence-corrected chi connectivity index (χ0v) is 18.3. The van der Waals surface area contributed by atoms with E-state index in [9.17, 15) is 18.0 Å². The van der Waals surface area contributed by atoms with Crippen molar-refractivity contribution in [2.24, 2.45) is 0 Å². The number of ether oxygens (including phenoxy) is 1. The molecule has 0 unspecified atom stereocenters. The Labute approximate surface area is 181 Å². The van der Waals surface area contributed by atoms with Crippen LogP contribution in [0.2, 0.25) is 0 Å². The average Bonchev–Trinajstić information content (AvgIpc) is 3.04. The summed E-state index contributed by atoms with van der Waals surface area (Å²) in [5.41, 5.74) is 2.46. The fourth-order valence-corrected chi connectivity index (χ4v) is 6.64. The molecule has 1 amide bonds. The van der Waals surface area contributed by atoms with E-state index in [4.69, 9.17) is 4.74 Å². The molecule has 3 aliphatic rings. The highest BCUT2D eigenvalue weighted by Gasteiger charge is 2.61. The van der Waals surface area contributed by atoms with Crippen LogP contribution in [0.1, 0.15) is 40.2 Å². The van der Waals surface area contributed by atoms with Crippen molar-refractivity contribution >= 4 is 27.6 Å². The van der Waals surface area contributed by atoms with Crippen molar-refractivity contribution in [2.45, 2.75) is 30.2 Å². The van der Waals surface area contributed by atoms with Gasteiger partial charge in [0, 0.05) is 29.8 Å². The maximum Gasteiger partial charge on any atom is 0.315 e. The van der Waals surface area contributed by atoms with Crippen LogP contribution in [0.5, 0.6) is 0 Å². The normalized spacial score (nSPS) is 24.5. The molecule has 7 nitrogen and oxygen atoms in total. The molecule has 0 N–H and O–H groups in total. The quantitative estimate of drug-likeness (QED) is 0.669. The molecule has 31 heavy (non-hydrogen) atoms. The molecule has 2 aromatic rings. The largest absolute Gasteiger partial charge is 0.468 e. The first kappa shape index (κ1) is 20.2. The minimum atomic E-state index is -3.31. The predicted octanol–water partition coefficient (Wildman–Crippen LogP) is 2.28. The summed E-state index contributed by atoms with van der Waals surface area (Å²) in [6, 6.07) is 14.5. The molecule has 1 fully saturated rings. The minimum Gasteiger partial charge on any atom is -0.468 e. The molecule has 1 saturated heterocycles. The number of hydrogen-bond donors (Lipinski definition) is 0. The predicted molar refractivity (Wildman–Crippen MR) is 116 cm³/mol. The molecule has 2 aromatic carbocycles. The van der Waals surface area contributed by atoms with Crippen LogP contribution in [0, 0.1) is 0 Å². The highest BCUT2D eigenvalue weighted by molar-refractivity contribution is 7.88. The number of hydrogen-bond acceptors (Lipinski definition) is 5. The summed E-state index contributed by atoms with van der Waals surface area (Å²) in [6.45, 7) is 0.697. The number of carbonyl (C=O) groups is 2. The minimum absolute atomic E-state index is 0.129. The van der Waals surface area contributed by atoms with Crippen molar-refractivity contribution in [3.63, 3.8) is 0 Å². The molecule has 0 aromatic heterocycles. The molecular weight excluding hydrogens is 416 g/mol. The molecule has 8 heteroatoms. The van der Waals surface area contributed by atoms with Gasteiger partial charge in [0.1, 0.15) is 5.92 Å². The highest BCUT2D eigenvalue weighted by Crippen LogP contribution is 2.57. The van der Waals surface area contributed by atoms with E-state index in [-0.39, 0.29) is 11.9 Å². The van der Waals surface area contributed by atoms with Crippen LogP contribution in [0.15, 0.2) is 48.5 Å². The number of anilines is 1. The lowest BCUT2D eigenvalue weighted by molar-refractivity contribution is -0.143. The van der Waals surface area contributed by atoms with Crippen LogP contribution in [0.3, 0.4) is 0 Å². The molecule has 1 spiro atoms. The topological polar surface area (TPSA) is 84.0 Å². The number of benzene rings is 2. The smallest absolute Gasteiger partial charge is 0.315 e. The molecule has 5 rings (SSSR count). The summed E-state index contributed by atoms with van der Waals surface area (Å²) >= 11 is 0. The third-order valence-corrected chi connectivity index (χ3v) is 8.45. The molecule has 2 atom stereocenters. The van der Waals surface area contributed by atoms with Gasteiger partial charge in [-0.25, -0.2) is 12.7 Å². The van der Waals surface area contributed by atoms with Crippen LogP contribution in [0.4, 0.5) is 5.69 Å². The number of esters is 1. The zero-order valence-electron chi connectivity index (χ0n) is 17.4. The van der Waals surface area contributed by atoms with Gasteiger partial charge < -0.3 is 9.64 Å². The van der Waals surface area contributed by atoms with Gasteiger partial charge in [-0.1, -0.05) is 36.4 Å². The van der Waals surface area contributed by atoms with Gasteiger partial charge >= 0.3 is 5.97 Å². The lowest BCUT2D eigenvalue weighted by Crippen LogP contribution is -2.59. The number of methoxy groups -OCH3 is 1. The molecule has 162 valence electrons. The number of fused-ring (bicyclic) bond motifs is 6. The second-order valence-electron chi connectivity index (χ2n) is 8.54. The molecule has 0 bridgehead atoms. The Kier molecular flexibility index (Phi) is 4.50. The Balaban J connectivity index is 1.72. The number of piperidine rings is 1. The van der Waals surface area contributed by atoms with E-state index in [0.29, 0.717) is 37.1 Å². The fraction of sp³-hybridized carbons (Fsp3) is 0.391. The monoisotopic (exact) mass is 440 g/mol. The second kappa shape index (κ2) is 6.90. The summed E-state index contributed by atoms with van der Waals surface area (Å²) in [5, 5.41) is 0. The van der Waals surface area contributed by atoms with Gasteiger partial charge in [0.25, 0.3) is 5.91 Å². The number of carbonyl (C=O) groups excluding carboxylic acids is 2. The summed E-state index contributed by atoms with van der Waals surface area (Å²) in [6.07, 6.45) is 2.28. The first-order chi connectivity index (χ1) is 14.8. The van der Waals surface area contributed by atoms with Crippen molar-refractivity contribution in [3.8, 4) is 0 Å². The number of sulfonamides is 1. The zero-order chi connectivity index (χ0) is 22.0. The fourth-order valence-electron chi connectivity index (χ4n) is 5.79. The van der Waals surface area contributed by atoms with Crippen LogP contribution >= 0.6 is 0 Å². The molecule has 3 heterocycles. The second-order valence-corrected chi connectivity index (χ2v) is 10.5. The SMILES string of the molecule is COC(=O)[C@@H]1c2ccccc2C(=O)N2c3ccccc3C3(CCN(S(C)(=O)=O)CC3)[C@H]12. The van der Waals surface area contributed by atoms with Gasteiger partial charge in [0.2, 0.25) is 10.0 Å². The van der Waals surface area contributed by atoms with E-state index in [1.54, 1.807) is 17.0 Å². The maximum absolute atomic E-state index is 13.6. The number of para-hydroxylation sites is 1. The number of rotatable bonds is 2. The first-order valence-corrected chi connectivity index (χ1v) is 12.2. The first-order valence-electron chi connectivity index (χ1n) is 10.3. The summed E-state index contributed by atoms with van der Waals surface area (Å²) in [5.74, 6) is -1.15. The lowest BCUT2D eigenvalue weighted by Gasteiger charge is -2.48. The average molecular weight is 441 g/mol. The van der Waals surface area contributed by atoms with E-state index in [2.05, 4.69) is 0 Å². The van der Waals surface area contributed by atoms with E-state index in [0.717, 1.165) is 11.3 Å². The van der Waals surface area contributed by atoms with E-state index in [1.165, 1.54) is 17.7 Å². The van der Waals surface area contributed by atoms with Gasteiger partial charge in [-0.05, 0) is 36.1 Å².